The molecule has 0 spiro atoms. The average molecular weight is 273 g/mol. The summed E-state index contributed by atoms with van der Waals surface area (Å²) in [6, 6.07) is 2.28. The molecular weight excluding hydrogens is 246 g/mol. The van der Waals surface area contributed by atoms with Crippen LogP contribution in [-0.2, 0) is 6.54 Å². The Hall–Kier alpha value is -1.09. The van der Waals surface area contributed by atoms with Crippen LogP contribution in [0.15, 0.2) is 12.3 Å². The smallest absolute Gasteiger partial charge is 0.131 e. The highest BCUT2D eigenvalue weighted by Gasteiger charge is 2.31. The van der Waals surface area contributed by atoms with Crippen molar-refractivity contribution >= 4 is 5.82 Å². The van der Waals surface area contributed by atoms with E-state index in [1.165, 1.54) is 62.1 Å². The molecule has 3 rings (SSSR count). The molecule has 2 atom stereocenters. The lowest BCUT2D eigenvalue weighted by molar-refractivity contribution is 0.202. The summed E-state index contributed by atoms with van der Waals surface area (Å²) in [6.45, 7) is 5.53. The number of fused-ring (bicyclic) bond motifs is 1. The number of aryl methyl sites for hydroxylation is 1. The van der Waals surface area contributed by atoms with Gasteiger partial charge in [0.25, 0.3) is 0 Å². The fraction of sp³-hybridized carbons (Fsp3) is 0.706. The van der Waals surface area contributed by atoms with Gasteiger partial charge < -0.3 is 10.2 Å². The van der Waals surface area contributed by atoms with E-state index in [2.05, 4.69) is 23.2 Å². The highest BCUT2D eigenvalue weighted by Crippen LogP contribution is 2.37. The van der Waals surface area contributed by atoms with Crippen molar-refractivity contribution in [2.45, 2.75) is 45.6 Å². The third kappa shape index (κ3) is 2.83. The quantitative estimate of drug-likeness (QED) is 0.917. The van der Waals surface area contributed by atoms with Gasteiger partial charge in [-0.05, 0) is 55.8 Å². The van der Waals surface area contributed by atoms with Gasteiger partial charge in [0.2, 0.25) is 0 Å². The number of piperidine rings is 1. The van der Waals surface area contributed by atoms with E-state index in [0.29, 0.717) is 0 Å². The SMILES string of the molecule is CNCc1cnc(N2CCC3CCCCC3C2)c(C)c1. The first-order valence-electron chi connectivity index (χ1n) is 8.13. The first kappa shape index (κ1) is 13.9. The molecule has 2 fully saturated rings. The topological polar surface area (TPSA) is 28.2 Å². The number of hydrogen-bond donors (Lipinski definition) is 1. The summed E-state index contributed by atoms with van der Waals surface area (Å²) in [5.74, 6) is 3.12. The van der Waals surface area contributed by atoms with Crippen molar-refractivity contribution in [2.75, 3.05) is 25.0 Å². The van der Waals surface area contributed by atoms with Gasteiger partial charge in [0.1, 0.15) is 5.82 Å². The standard InChI is InChI=1S/C17H27N3/c1-13-9-14(10-18-2)11-19-17(13)20-8-7-15-5-3-4-6-16(15)12-20/h9,11,15-16,18H,3-8,10,12H2,1-2H3. The van der Waals surface area contributed by atoms with Crippen LogP contribution in [0, 0.1) is 18.8 Å². The Labute approximate surface area is 122 Å². The van der Waals surface area contributed by atoms with Crippen molar-refractivity contribution in [2.24, 2.45) is 11.8 Å². The number of aromatic nitrogens is 1. The van der Waals surface area contributed by atoms with Crippen LogP contribution >= 0.6 is 0 Å². The van der Waals surface area contributed by atoms with E-state index in [-0.39, 0.29) is 0 Å². The molecule has 1 aromatic rings. The lowest BCUT2D eigenvalue weighted by Gasteiger charge is -2.42. The van der Waals surface area contributed by atoms with E-state index in [0.717, 1.165) is 18.4 Å². The van der Waals surface area contributed by atoms with Gasteiger partial charge in [0, 0.05) is 25.8 Å². The summed E-state index contributed by atoms with van der Waals surface area (Å²) >= 11 is 0. The molecule has 1 aromatic heterocycles. The number of hydrogen-bond acceptors (Lipinski definition) is 3. The predicted octanol–water partition coefficient (Wildman–Crippen LogP) is 3.13. The Kier molecular flexibility index (Phi) is 4.25. The second-order valence-electron chi connectivity index (χ2n) is 6.55. The minimum absolute atomic E-state index is 0.902. The zero-order valence-corrected chi connectivity index (χ0v) is 12.9. The van der Waals surface area contributed by atoms with E-state index in [9.17, 15) is 0 Å². The predicted molar refractivity (Wildman–Crippen MR) is 84.0 cm³/mol. The van der Waals surface area contributed by atoms with Gasteiger partial charge in [-0.1, -0.05) is 19.3 Å². The lowest BCUT2D eigenvalue weighted by atomic mass is 9.75. The van der Waals surface area contributed by atoms with Gasteiger partial charge in [-0.2, -0.15) is 0 Å². The van der Waals surface area contributed by atoms with Crippen LogP contribution in [0.3, 0.4) is 0 Å². The van der Waals surface area contributed by atoms with E-state index in [1.54, 1.807) is 0 Å². The summed E-state index contributed by atoms with van der Waals surface area (Å²) in [4.78, 5) is 7.28. The van der Waals surface area contributed by atoms with E-state index >= 15 is 0 Å². The van der Waals surface area contributed by atoms with Crippen molar-refractivity contribution in [3.8, 4) is 0 Å². The first-order valence-corrected chi connectivity index (χ1v) is 8.13. The molecule has 0 bridgehead atoms. The first-order chi connectivity index (χ1) is 9.78. The number of nitrogens with one attached hydrogen (secondary N) is 1. The molecule has 1 aliphatic heterocycles. The Morgan fingerprint density at radius 3 is 2.80 bits per heavy atom. The minimum Gasteiger partial charge on any atom is -0.356 e. The molecular formula is C17H27N3. The van der Waals surface area contributed by atoms with Gasteiger partial charge >= 0.3 is 0 Å². The molecule has 20 heavy (non-hydrogen) atoms. The summed E-state index contributed by atoms with van der Waals surface area (Å²) in [7, 11) is 1.98. The highest BCUT2D eigenvalue weighted by molar-refractivity contribution is 5.48. The van der Waals surface area contributed by atoms with Crippen LogP contribution in [0.25, 0.3) is 0 Å². The fourth-order valence-corrected chi connectivity index (χ4v) is 4.05. The molecule has 0 radical (unpaired) electrons. The van der Waals surface area contributed by atoms with E-state index in [4.69, 9.17) is 4.98 Å². The van der Waals surface area contributed by atoms with Crippen molar-refractivity contribution in [1.82, 2.24) is 10.3 Å². The maximum Gasteiger partial charge on any atom is 0.131 e. The third-order valence-electron chi connectivity index (χ3n) is 5.08. The summed E-state index contributed by atoms with van der Waals surface area (Å²) < 4.78 is 0. The lowest BCUT2D eigenvalue weighted by Crippen LogP contribution is -2.42. The van der Waals surface area contributed by atoms with Gasteiger partial charge in [-0.15, -0.1) is 0 Å². The van der Waals surface area contributed by atoms with Crippen LogP contribution in [0.1, 0.15) is 43.2 Å². The summed E-state index contributed by atoms with van der Waals surface area (Å²) in [5, 5.41) is 3.19. The normalized spacial score (nSPS) is 26.4. The molecule has 1 saturated carbocycles. The molecule has 1 aliphatic carbocycles. The van der Waals surface area contributed by atoms with Crippen molar-refractivity contribution in [1.29, 1.82) is 0 Å². The molecule has 2 aliphatic rings. The second-order valence-corrected chi connectivity index (χ2v) is 6.55. The molecule has 3 heteroatoms. The third-order valence-corrected chi connectivity index (χ3v) is 5.08. The Balaban J connectivity index is 1.72. The number of pyridine rings is 1. The van der Waals surface area contributed by atoms with Gasteiger partial charge in [0.15, 0.2) is 0 Å². The number of anilines is 1. The molecule has 3 nitrogen and oxygen atoms in total. The number of nitrogens with zero attached hydrogens (tertiary/aromatic N) is 2. The van der Waals surface area contributed by atoms with Crippen LogP contribution in [0.2, 0.25) is 0 Å². The van der Waals surface area contributed by atoms with E-state index < -0.39 is 0 Å². The molecule has 110 valence electrons. The molecule has 1 saturated heterocycles. The molecule has 1 N–H and O–H groups in total. The molecule has 0 amide bonds. The van der Waals surface area contributed by atoms with E-state index in [1.807, 2.05) is 13.2 Å². The van der Waals surface area contributed by atoms with Crippen molar-refractivity contribution in [3.63, 3.8) is 0 Å². The highest BCUT2D eigenvalue weighted by atomic mass is 15.2. The maximum absolute atomic E-state index is 4.74. The molecule has 2 heterocycles. The van der Waals surface area contributed by atoms with Crippen molar-refractivity contribution in [3.05, 3.63) is 23.4 Å². The second kappa shape index (κ2) is 6.13. The van der Waals surface area contributed by atoms with Crippen LogP contribution in [0.4, 0.5) is 5.82 Å². The molecule has 2 unspecified atom stereocenters. The molecule has 0 aromatic carbocycles. The van der Waals surface area contributed by atoms with Crippen molar-refractivity contribution < 1.29 is 0 Å². The largest absolute Gasteiger partial charge is 0.356 e. The average Bonchev–Trinajstić information content (AvgIpc) is 2.47. The number of rotatable bonds is 3. The monoisotopic (exact) mass is 273 g/mol. The zero-order chi connectivity index (χ0) is 13.9. The van der Waals surface area contributed by atoms with Gasteiger partial charge in [-0.25, -0.2) is 4.98 Å². The Morgan fingerprint density at radius 1 is 1.25 bits per heavy atom. The fourth-order valence-electron chi connectivity index (χ4n) is 4.05. The van der Waals surface area contributed by atoms with Crippen LogP contribution < -0.4 is 10.2 Å². The Morgan fingerprint density at radius 2 is 2.05 bits per heavy atom. The zero-order valence-electron chi connectivity index (χ0n) is 12.9. The van der Waals surface area contributed by atoms with Gasteiger partial charge in [0.05, 0.1) is 0 Å². The van der Waals surface area contributed by atoms with Crippen LogP contribution in [0.5, 0.6) is 0 Å². The van der Waals surface area contributed by atoms with Gasteiger partial charge in [-0.3, -0.25) is 0 Å². The summed E-state index contributed by atoms with van der Waals surface area (Å²) in [6.07, 6.45) is 9.18. The van der Waals surface area contributed by atoms with Crippen LogP contribution in [-0.4, -0.2) is 25.1 Å². The maximum atomic E-state index is 4.74. The summed E-state index contributed by atoms with van der Waals surface area (Å²) in [5.41, 5.74) is 2.60. The minimum atomic E-state index is 0.902. The Bertz CT molecular complexity index is 458.